The summed E-state index contributed by atoms with van der Waals surface area (Å²) in [6, 6.07) is 6.65. The van der Waals surface area contributed by atoms with E-state index in [1.165, 1.54) is 13.0 Å². The summed E-state index contributed by atoms with van der Waals surface area (Å²) in [4.78, 5) is 10.8. The van der Waals surface area contributed by atoms with Gasteiger partial charge >= 0.3 is 5.97 Å². The smallest absolute Gasteiger partial charge is 0.302 e. The Morgan fingerprint density at radius 2 is 2.06 bits per heavy atom. The number of hydrogen-bond donors (Lipinski definition) is 0. The van der Waals surface area contributed by atoms with Gasteiger partial charge in [0.25, 0.3) is 0 Å². The second kappa shape index (κ2) is 5.12. The van der Waals surface area contributed by atoms with Crippen LogP contribution in [0, 0.1) is 6.92 Å². The van der Waals surface area contributed by atoms with Crippen molar-refractivity contribution in [3.63, 3.8) is 0 Å². The van der Waals surface area contributed by atoms with Gasteiger partial charge in [-0.2, -0.15) is 0 Å². The SMILES string of the molecule is CC(=O)OCCS(=O)(=O)c1cccc(C)c1. The summed E-state index contributed by atoms with van der Waals surface area (Å²) in [7, 11) is -3.36. The molecule has 1 rings (SSSR count). The van der Waals surface area contributed by atoms with Crippen LogP contribution in [0.5, 0.6) is 0 Å². The van der Waals surface area contributed by atoms with Gasteiger partial charge in [-0.05, 0) is 24.6 Å². The Morgan fingerprint density at radius 3 is 2.62 bits per heavy atom. The molecular formula is C11H14O4S. The summed E-state index contributed by atoms with van der Waals surface area (Å²) < 4.78 is 28.2. The molecule has 0 fully saturated rings. The molecule has 5 heteroatoms. The van der Waals surface area contributed by atoms with E-state index in [0.29, 0.717) is 0 Å². The van der Waals surface area contributed by atoms with Crippen LogP contribution >= 0.6 is 0 Å². The lowest BCUT2D eigenvalue weighted by Crippen LogP contribution is -2.14. The van der Waals surface area contributed by atoms with Crippen LogP contribution in [0.1, 0.15) is 12.5 Å². The third-order valence-corrected chi connectivity index (χ3v) is 3.68. The first kappa shape index (κ1) is 12.7. The van der Waals surface area contributed by atoms with Gasteiger partial charge in [0.1, 0.15) is 6.61 Å². The van der Waals surface area contributed by atoms with Crippen molar-refractivity contribution in [2.75, 3.05) is 12.4 Å². The second-order valence-electron chi connectivity index (χ2n) is 3.48. The van der Waals surface area contributed by atoms with Crippen LogP contribution in [0.25, 0.3) is 0 Å². The van der Waals surface area contributed by atoms with Crippen LogP contribution in [-0.4, -0.2) is 26.7 Å². The minimum absolute atomic E-state index is 0.106. The fraction of sp³-hybridized carbons (Fsp3) is 0.364. The molecule has 0 aliphatic rings. The summed E-state index contributed by atoms with van der Waals surface area (Å²) in [5.41, 5.74) is 0.883. The quantitative estimate of drug-likeness (QED) is 0.747. The maximum Gasteiger partial charge on any atom is 0.302 e. The molecule has 0 aliphatic heterocycles. The largest absolute Gasteiger partial charge is 0.465 e. The highest BCUT2D eigenvalue weighted by atomic mass is 32.2. The highest BCUT2D eigenvalue weighted by molar-refractivity contribution is 7.91. The molecular weight excluding hydrogens is 228 g/mol. The summed E-state index contributed by atoms with van der Waals surface area (Å²) in [5.74, 6) is -0.657. The zero-order chi connectivity index (χ0) is 12.2. The lowest BCUT2D eigenvalue weighted by atomic mass is 10.2. The predicted molar refractivity (Wildman–Crippen MR) is 59.9 cm³/mol. The first-order chi connectivity index (χ1) is 7.42. The molecule has 88 valence electrons. The standard InChI is InChI=1S/C11H14O4S/c1-9-4-3-5-11(8-9)16(13,14)7-6-15-10(2)12/h3-5,8H,6-7H2,1-2H3. The second-order valence-corrected chi connectivity index (χ2v) is 5.58. The first-order valence-corrected chi connectivity index (χ1v) is 6.50. The Balaban J connectivity index is 2.74. The lowest BCUT2D eigenvalue weighted by molar-refractivity contribution is -0.140. The summed E-state index contributed by atoms with van der Waals surface area (Å²) in [6.07, 6.45) is 0. The highest BCUT2D eigenvalue weighted by Crippen LogP contribution is 2.12. The summed E-state index contributed by atoms with van der Waals surface area (Å²) in [5, 5.41) is 0. The fourth-order valence-electron chi connectivity index (χ4n) is 1.22. The van der Waals surface area contributed by atoms with Gasteiger partial charge in [0.2, 0.25) is 0 Å². The lowest BCUT2D eigenvalue weighted by Gasteiger charge is -2.05. The molecule has 4 nitrogen and oxygen atoms in total. The molecule has 0 N–H and O–H groups in total. The number of carbonyl (C=O) groups excluding carboxylic acids is 1. The van der Waals surface area contributed by atoms with Gasteiger partial charge in [0.05, 0.1) is 10.6 Å². The van der Waals surface area contributed by atoms with Crippen LogP contribution in [-0.2, 0) is 19.4 Å². The van der Waals surface area contributed by atoms with E-state index in [9.17, 15) is 13.2 Å². The number of esters is 1. The fourth-order valence-corrected chi connectivity index (χ4v) is 2.41. The van der Waals surface area contributed by atoms with Gasteiger partial charge < -0.3 is 4.74 Å². The molecule has 0 unspecified atom stereocenters. The van der Waals surface area contributed by atoms with E-state index >= 15 is 0 Å². The van der Waals surface area contributed by atoms with Crippen molar-refractivity contribution in [3.8, 4) is 0 Å². The van der Waals surface area contributed by atoms with E-state index in [1.54, 1.807) is 12.1 Å². The van der Waals surface area contributed by atoms with Crippen LogP contribution in [0.15, 0.2) is 29.2 Å². The van der Waals surface area contributed by atoms with Gasteiger partial charge in [0.15, 0.2) is 9.84 Å². The molecule has 0 aromatic heterocycles. The molecule has 0 amide bonds. The van der Waals surface area contributed by atoms with Crippen LogP contribution in [0.4, 0.5) is 0 Å². The van der Waals surface area contributed by atoms with Gasteiger partial charge in [0, 0.05) is 6.92 Å². The van der Waals surface area contributed by atoms with E-state index in [1.807, 2.05) is 13.0 Å². The Labute approximate surface area is 95.2 Å². The number of carbonyl (C=O) groups is 1. The average Bonchev–Trinajstić information content (AvgIpc) is 2.16. The van der Waals surface area contributed by atoms with E-state index < -0.39 is 15.8 Å². The van der Waals surface area contributed by atoms with E-state index in [0.717, 1.165) is 5.56 Å². The highest BCUT2D eigenvalue weighted by Gasteiger charge is 2.14. The van der Waals surface area contributed by atoms with Crippen molar-refractivity contribution in [2.24, 2.45) is 0 Å². The van der Waals surface area contributed by atoms with E-state index in [2.05, 4.69) is 4.74 Å². The van der Waals surface area contributed by atoms with Crippen LogP contribution < -0.4 is 0 Å². The predicted octanol–water partition coefficient (Wildman–Crippen LogP) is 1.33. The number of aryl methyl sites for hydroxylation is 1. The van der Waals surface area contributed by atoms with E-state index in [4.69, 9.17) is 0 Å². The number of sulfone groups is 1. The van der Waals surface area contributed by atoms with Crippen molar-refractivity contribution in [2.45, 2.75) is 18.7 Å². The Hall–Kier alpha value is -1.36. The van der Waals surface area contributed by atoms with Crippen molar-refractivity contribution in [1.29, 1.82) is 0 Å². The van der Waals surface area contributed by atoms with Crippen molar-refractivity contribution >= 4 is 15.8 Å². The average molecular weight is 242 g/mol. The molecule has 0 bridgehead atoms. The topological polar surface area (TPSA) is 60.4 Å². The summed E-state index contributed by atoms with van der Waals surface area (Å²) >= 11 is 0. The number of rotatable bonds is 4. The number of hydrogen-bond acceptors (Lipinski definition) is 4. The molecule has 0 heterocycles. The van der Waals surface area contributed by atoms with Gasteiger partial charge in [-0.15, -0.1) is 0 Å². The summed E-state index contributed by atoms with van der Waals surface area (Å²) in [6.45, 7) is 2.97. The van der Waals surface area contributed by atoms with Gasteiger partial charge in [-0.1, -0.05) is 12.1 Å². The molecule has 0 aliphatic carbocycles. The molecule has 0 radical (unpaired) electrons. The monoisotopic (exact) mass is 242 g/mol. The maximum atomic E-state index is 11.8. The molecule has 16 heavy (non-hydrogen) atoms. The maximum absolute atomic E-state index is 11.8. The Bertz CT molecular complexity index is 477. The van der Waals surface area contributed by atoms with Gasteiger partial charge in [-0.3, -0.25) is 4.79 Å². The zero-order valence-corrected chi connectivity index (χ0v) is 10.1. The Kier molecular flexibility index (Phi) is 4.06. The number of ether oxygens (including phenoxy) is 1. The molecule has 0 saturated heterocycles. The molecule has 0 spiro atoms. The van der Waals surface area contributed by atoms with E-state index in [-0.39, 0.29) is 17.3 Å². The molecule has 1 aromatic rings. The third kappa shape index (κ3) is 3.66. The number of benzene rings is 1. The van der Waals surface area contributed by atoms with Crippen LogP contribution in [0.3, 0.4) is 0 Å². The minimum Gasteiger partial charge on any atom is -0.465 e. The van der Waals surface area contributed by atoms with Crippen molar-refractivity contribution in [3.05, 3.63) is 29.8 Å². The van der Waals surface area contributed by atoms with Crippen molar-refractivity contribution in [1.82, 2.24) is 0 Å². The van der Waals surface area contributed by atoms with Gasteiger partial charge in [-0.25, -0.2) is 8.42 Å². The molecule has 1 aromatic carbocycles. The minimum atomic E-state index is -3.36. The zero-order valence-electron chi connectivity index (χ0n) is 9.26. The molecule has 0 saturated carbocycles. The normalized spacial score (nSPS) is 11.1. The van der Waals surface area contributed by atoms with Crippen LogP contribution in [0.2, 0.25) is 0 Å². The first-order valence-electron chi connectivity index (χ1n) is 4.84. The third-order valence-electron chi connectivity index (χ3n) is 2.01. The Morgan fingerprint density at radius 1 is 1.38 bits per heavy atom. The molecule has 0 atom stereocenters. The van der Waals surface area contributed by atoms with Crippen molar-refractivity contribution < 1.29 is 17.9 Å².